The van der Waals surface area contributed by atoms with E-state index in [1.54, 1.807) is 0 Å². The summed E-state index contributed by atoms with van der Waals surface area (Å²) in [5, 5.41) is 0. The highest BCUT2D eigenvalue weighted by atomic mass is 127. The molecule has 0 aromatic heterocycles. The summed E-state index contributed by atoms with van der Waals surface area (Å²) in [4.78, 5) is 0. The number of rotatable bonds is 2. The Bertz CT molecular complexity index is 248. The average molecular weight is 301 g/mol. The number of hydrogen-bond donors (Lipinski definition) is 0. The third-order valence-electron chi connectivity index (χ3n) is 1.46. The summed E-state index contributed by atoms with van der Waals surface area (Å²) in [6, 6.07) is 6.12. The molecule has 1 aromatic rings. The van der Waals surface area contributed by atoms with Crippen molar-refractivity contribution in [2.45, 2.75) is 11.8 Å². The van der Waals surface area contributed by atoms with Crippen LogP contribution >= 0.6 is 45.8 Å². The minimum Gasteiger partial charge on any atom is -0.122 e. The average Bonchev–Trinajstić information content (AvgIpc) is 2.04. The summed E-state index contributed by atoms with van der Waals surface area (Å²) in [7, 11) is 0. The van der Waals surface area contributed by atoms with Crippen molar-refractivity contribution < 1.29 is 0 Å². The maximum atomic E-state index is 5.72. The minimum atomic E-state index is 0.541. The van der Waals surface area contributed by atoms with Crippen LogP contribution in [0.25, 0.3) is 0 Å². The van der Waals surface area contributed by atoms with Gasteiger partial charge in [-0.1, -0.05) is 6.07 Å². The molecule has 1 rings (SSSR count). The second-order valence-electron chi connectivity index (χ2n) is 2.18. The van der Waals surface area contributed by atoms with Crippen LogP contribution in [0.1, 0.15) is 11.1 Å². The smallest absolute Gasteiger partial charge is 0.0477 e. The molecular formula is C8H7Cl2I. The van der Waals surface area contributed by atoms with Gasteiger partial charge in [0.25, 0.3) is 0 Å². The van der Waals surface area contributed by atoms with Crippen LogP contribution < -0.4 is 0 Å². The first-order valence-electron chi connectivity index (χ1n) is 3.17. The molecule has 0 aliphatic carbocycles. The largest absolute Gasteiger partial charge is 0.122 e. The SMILES string of the molecule is ClCc1ccc(I)cc1CCl. The van der Waals surface area contributed by atoms with E-state index in [1.165, 1.54) is 3.57 Å². The Balaban J connectivity index is 3.06. The van der Waals surface area contributed by atoms with Gasteiger partial charge >= 0.3 is 0 Å². The van der Waals surface area contributed by atoms with Crippen LogP contribution in [-0.4, -0.2) is 0 Å². The van der Waals surface area contributed by atoms with E-state index in [9.17, 15) is 0 Å². The highest BCUT2D eigenvalue weighted by Crippen LogP contribution is 2.17. The quantitative estimate of drug-likeness (QED) is 0.576. The van der Waals surface area contributed by atoms with E-state index in [-0.39, 0.29) is 0 Å². The maximum absolute atomic E-state index is 5.72. The van der Waals surface area contributed by atoms with E-state index in [0.717, 1.165) is 11.1 Å². The lowest BCUT2D eigenvalue weighted by Gasteiger charge is -2.02. The zero-order valence-corrected chi connectivity index (χ0v) is 9.45. The van der Waals surface area contributed by atoms with Gasteiger partial charge in [-0.05, 0) is 45.9 Å². The van der Waals surface area contributed by atoms with Crippen molar-refractivity contribution in [3.63, 3.8) is 0 Å². The summed E-state index contributed by atoms with van der Waals surface area (Å²) in [6.45, 7) is 0. The van der Waals surface area contributed by atoms with Crippen LogP contribution in [0.15, 0.2) is 18.2 Å². The lowest BCUT2D eigenvalue weighted by Crippen LogP contribution is -1.88. The van der Waals surface area contributed by atoms with E-state index in [2.05, 4.69) is 28.7 Å². The molecule has 0 fully saturated rings. The molecule has 60 valence electrons. The normalized spacial score (nSPS) is 10.1. The standard InChI is InChI=1S/C8H7Cl2I/c9-4-6-1-2-8(11)3-7(6)5-10/h1-3H,4-5H2. The predicted molar refractivity (Wildman–Crippen MR) is 58.3 cm³/mol. The van der Waals surface area contributed by atoms with E-state index >= 15 is 0 Å². The van der Waals surface area contributed by atoms with Gasteiger partial charge in [-0.3, -0.25) is 0 Å². The fraction of sp³-hybridized carbons (Fsp3) is 0.250. The monoisotopic (exact) mass is 300 g/mol. The van der Waals surface area contributed by atoms with Crippen molar-refractivity contribution in [3.8, 4) is 0 Å². The Hall–Kier alpha value is 0.530. The van der Waals surface area contributed by atoms with Crippen molar-refractivity contribution >= 4 is 45.8 Å². The van der Waals surface area contributed by atoms with Gasteiger partial charge in [0.1, 0.15) is 0 Å². The van der Waals surface area contributed by atoms with E-state index < -0.39 is 0 Å². The minimum absolute atomic E-state index is 0.541. The Labute approximate surface area is 90.0 Å². The molecular weight excluding hydrogens is 294 g/mol. The lowest BCUT2D eigenvalue weighted by atomic mass is 10.1. The van der Waals surface area contributed by atoms with Gasteiger partial charge in [0, 0.05) is 15.3 Å². The molecule has 3 heteroatoms. The van der Waals surface area contributed by atoms with Crippen molar-refractivity contribution in [2.24, 2.45) is 0 Å². The number of halogens is 3. The summed E-state index contributed by atoms with van der Waals surface area (Å²) in [5.74, 6) is 1.08. The van der Waals surface area contributed by atoms with E-state index in [1.807, 2.05) is 12.1 Å². The second kappa shape index (κ2) is 4.53. The van der Waals surface area contributed by atoms with Crippen LogP contribution in [0.5, 0.6) is 0 Å². The zero-order valence-electron chi connectivity index (χ0n) is 5.78. The van der Waals surface area contributed by atoms with Gasteiger partial charge in [0.15, 0.2) is 0 Å². The fourth-order valence-electron chi connectivity index (χ4n) is 0.849. The van der Waals surface area contributed by atoms with Crippen molar-refractivity contribution in [3.05, 3.63) is 32.9 Å². The summed E-state index contributed by atoms with van der Waals surface area (Å²) in [5.41, 5.74) is 2.26. The molecule has 11 heavy (non-hydrogen) atoms. The molecule has 0 amide bonds. The highest BCUT2D eigenvalue weighted by Gasteiger charge is 1.99. The first-order chi connectivity index (χ1) is 5.27. The molecule has 0 saturated carbocycles. The predicted octanol–water partition coefficient (Wildman–Crippen LogP) is 3.77. The van der Waals surface area contributed by atoms with E-state index in [4.69, 9.17) is 23.2 Å². The second-order valence-corrected chi connectivity index (χ2v) is 3.96. The van der Waals surface area contributed by atoms with Crippen LogP contribution in [0, 0.1) is 3.57 Å². The van der Waals surface area contributed by atoms with Crippen molar-refractivity contribution in [2.75, 3.05) is 0 Å². The summed E-state index contributed by atoms with van der Waals surface area (Å²) in [6.07, 6.45) is 0. The Morgan fingerprint density at radius 2 is 1.73 bits per heavy atom. The number of benzene rings is 1. The highest BCUT2D eigenvalue weighted by molar-refractivity contribution is 14.1. The van der Waals surface area contributed by atoms with Gasteiger partial charge in [-0.2, -0.15) is 0 Å². The van der Waals surface area contributed by atoms with Crippen LogP contribution in [0.2, 0.25) is 0 Å². The topological polar surface area (TPSA) is 0 Å². The molecule has 0 spiro atoms. The third-order valence-corrected chi connectivity index (χ3v) is 2.70. The molecule has 0 unspecified atom stereocenters. The van der Waals surface area contributed by atoms with Gasteiger partial charge < -0.3 is 0 Å². The van der Waals surface area contributed by atoms with Gasteiger partial charge in [-0.15, -0.1) is 23.2 Å². The maximum Gasteiger partial charge on any atom is 0.0477 e. The van der Waals surface area contributed by atoms with Crippen molar-refractivity contribution in [1.29, 1.82) is 0 Å². The van der Waals surface area contributed by atoms with Crippen molar-refractivity contribution in [1.82, 2.24) is 0 Å². The Morgan fingerprint density at radius 1 is 1.09 bits per heavy atom. The molecule has 1 aromatic carbocycles. The van der Waals surface area contributed by atoms with Gasteiger partial charge in [0.05, 0.1) is 0 Å². The molecule has 0 radical (unpaired) electrons. The number of alkyl halides is 2. The van der Waals surface area contributed by atoms with E-state index in [0.29, 0.717) is 11.8 Å². The zero-order chi connectivity index (χ0) is 8.27. The van der Waals surface area contributed by atoms with Gasteiger partial charge in [-0.25, -0.2) is 0 Å². The van der Waals surface area contributed by atoms with Crippen LogP contribution in [0.4, 0.5) is 0 Å². The molecule has 0 saturated heterocycles. The van der Waals surface area contributed by atoms with Crippen LogP contribution in [-0.2, 0) is 11.8 Å². The first-order valence-corrected chi connectivity index (χ1v) is 5.32. The molecule has 0 aliphatic heterocycles. The molecule has 0 atom stereocenters. The molecule has 0 heterocycles. The van der Waals surface area contributed by atoms with Crippen LogP contribution in [0.3, 0.4) is 0 Å². The molecule has 0 nitrogen and oxygen atoms in total. The van der Waals surface area contributed by atoms with Gasteiger partial charge in [0.2, 0.25) is 0 Å². The molecule has 0 bridgehead atoms. The summed E-state index contributed by atoms with van der Waals surface area (Å²) >= 11 is 13.7. The lowest BCUT2D eigenvalue weighted by molar-refractivity contribution is 1.26. The molecule has 0 aliphatic rings. The summed E-state index contributed by atoms with van der Waals surface area (Å²) < 4.78 is 1.20. The Kier molecular flexibility index (Phi) is 3.96. The molecule has 0 N–H and O–H groups in total. The Morgan fingerprint density at radius 3 is 2.27 bits per heavy atom. The first kappa shape index (κ1) is 9.62. The fourth-order valence-corrected chi connectivity index (χ4v) is 1.91. The third kappa shape index (κ3) is 2.49. The number of hydrogen-bond acceptors (Lipinski definition) is 0.